The van der Waals surface area contributed by atoms with E-state index < -0.39 is 33.3 Å². The molecule has 1 N–H and O–H groups in total. The molecule has 1 aliphatic rings. The fourth-order valence-electron chi connectivity index (χ4n) is 4.76. The quantitative estimate of drug-likeness (QED) is 0.330. The van der Waals surface area contributed by atoms with Crippen molar-refractivity contribution in [1.82, 2.24) is 4.98 Å². The molecule has 1 atom stereocenters. The molecular weight excluding hydrogens is 562 g/mol. The molecule has 0 bridgehead atoms. The molecule has 0 saturated carbocycles. The lowest BCUT2D eigenvalue weighted by molar-refractivity contribution is -0.0102. The third-order valence-corrected chi connectivity index (χ3v) is 8.45. The summed E-state index contributed by atoms with van der Waals surface area (Å²) in [6, 6.07) is 15.7. The number of nitrogens with zero attached hydrogens (tertiary/aromatic N) is 3. The van der Waals surface area contributed by atoms with E-state index in [1.807, 2.05) is 37.3 Å². The molecule has 1 fully saturated rings. The summed E-state index contributed by atoms with van der Waals surface area (Å²) < 4.78 is 50.6. The van der Waals surface area contributed by atoms with Crippen LogP contribution in [0.15, 0.2) is 70.1 Å². The smallest absolute Gasteiger partial charge is 0.442 e. The van der Waals surface area contributed by atoms with Gasteiger partial charge in [-0.05, 0) is 63.4 Å². The first-order chi connectivity index (χ1) is 19.7. The molecule has 3 aromatic rings. The SMILES string of the molecule is Cc1c(-c2ccccc2)cnc(N2CCCC(F)(F)CC2)c1C(=O)Nc1cccc([S@@](C)(=O)=NC(=O)OC(C)(C)C)c1. The Morgan fingerprint density at radius 1 is 1.07 bits per heavy atom. The molecule has 1 aromatic heterocycles. The Hall–Kier alpha value is -3.86. The van der Waals surface area contributed by atoms with E-state index in [9.17, 15) is 22.6 Å². The van der Waals surface area contributed by atoms with Gasteiger partial charge in [0, 0.05) is 54.5 Å². The Bertz CT molecular complexity index is 1600. The molecule has 11 heteroatoms. The summed E-state index contributed by atoms with van der Waals surface area (Å²) in [6.07, 6.45) is 1.76. The number of alkyl halides is 2. The van der Waals surface area contributed by atoms with Crippen LogP contribution in [0.25, 0.3) is 11.1 Å². The number of anilines is 2. The lowest BCUT2D eigenvalue weighted by atomic mass is 9.97. The highest BCUT2D eigenvalue weighted by atomic mass is 32.2. The lowest BCUT2D eigenvalue weighted by Gasteiger charge is -2.26. The Morgan fingerprint density at radius 3 is 2.48 bits per heavy atom. The summed E-state index contributed by atoms with van der Waals surface area (Å²) >= 11 is 0. The van der Waals surface area contributed by atoms with Crippen LogP contribution >= 0.6 is 0 Å². The molecule has 0 unspecified atom stereocenters. The Morgan fingerprint density at radius 2 is 1.79 bits per heavy atom. The number of ether oxygens (including phenoxy) is 1. The maximum atomic E-state index is 14.2. The van der Waals surface area contributed by atoms with E-state index in [0.29, 0.717) is 23.6 Å². The maximum Gasteiger partial charge on any atom is 0.442 e. The van der Waals surface area contributed by atoms with E-state index in [4.69, 9.17) is 4.74 Å². The van der Waals surface area contributed by atoms with Crippen molar-refractivity contribution in [2.24, 2.45) is 4.36 Å². The van der Waals surface area contributed by atoms with Crippen molar-refractivity contribution in [3.8, 4) is 11.1 Å². The molecule has 8 nitrogen and oxygen atoms in total. The van der Waals surface area contributed by atoms with Crippen LogP contribution in [-0.2, 0) is 14.5 Å². The average molecular weight is 599 g/mol. The van der Waals surface area contributed by atoms with Gasteiger partial charge in [0.1, 0.15) is 11.4 Å². The first-order valence-electron chi connectivity index (χ1n) is 13.7. The number of halogens is 2. The topological polar surface area (TPSA) is 101 Å². The number of amides is 2. The molecule has 0 aliphatic carbocycles. The van der Waals surface area contributed by atoms with Gasteiger partial charge in [0.2, 0.25) is 5.92 Å². The summed E-state index contributed by atoms with van der Waals surface area (Å²) in [5.74, 6) is -2.93. The predicted octanol–water partition coefficient (Wildman–Crippen LogP) is 7.33. The van der Waals surface area contributed by atoms with Crippen LogP contribution in [0.3, 0.4) is 0 Å². The number of rotatable bonds is 5. The summed E-state index contributed by atoms with van der Waals surface area (Å²) in [5, 5.41) is 2.86. The number of benzene rings is 2. The van der Waals surface area contributed by atoms with E-state index in [2.05, 4.69) is 14.7 Å². The van der Waals surface area contributed by atoms with Crippen LogP contribution in [0, 0.1) is 6.92 Å². The van der Waals surface area contributed by atoms with Gasteiger partial charge in [-0.3, -0.25) is 4.79 Å². The Balaban J connectivity index is 1.71. The molecule has 0 spiro atoms. The normalized spacial score (nSPS) is 16.6. The number of hydrogen-bond donors (Lipinski definition) is 1. The minimum atomic E-state index is -3.19. The number of pyridine rings is 1. The minimum Gasteiger partial charge on any atom is -0.442 e. The predicted molar refractivity (Wildman–Crippen MR) is 161 cm³/mol. The van der Waals surface area contributed by atoms with Crippen molar-refractivity contribution in [2.75, 3.05) is 29.6 Å². The fraction of sp³-hybridized carbons (Fsp3) is 0.387. The van der Waals surface area contributed by atoms with Crippen molar-refractivity contribution in [1.29, 1.82) is 0 Å². The molecule has 1 aliphatic heterocycles. The van der Waals surface area contributed by atoms with Crippen LogP contribution in [-0.4, -0.2) is 52.1 Å². The van der Waals surface area contributed by atoms with Crippen LogP contribution in [0.2, 0.25) is 0 Å². The first-order valence-corrected chi connectivity index (χ1v) is 15.6. The van der Waals surface area contributed by atoms with E-state index >= 15 is 0 Å². The number of hydrogen-bond acceptors (Lipinski definition) is 6. The second kappa shape index (κ2) is 12.2. The van der Waals surface area contributed by atoms with Crippen LogP contribution < -0.4 is 10.2 Å². The number of carbonyl (C=O) groups excluding carboxylic acids is 2. The van der Waals surface area contributed by atoms with E-state index in [1.54, 1.807) is 50.1 Å². The van der Waals surface area contributed by atoms with Gasteiger partial charge in [-0.1, -0.05) is 36.4 Å². The lowest BCUT2D eigenvalue weighted by Crippen LogP contribution is -2.30. The molecule has 42 heavy (non-hydrogen) atoms. The Labute approximate surface area is 245 Å². The molecule has 4 rings (SSSR count). The summed E-state index contributed by atoms with van der Waals surface area (Å²) in [5.41, 5.74) is 2.04. The van der Waals surface area contributed by atoms with Crippen LogP contribution in [0.4, 0.5) is 25.1 Å². The third kappa shape index (κ3) is 7.70. The second-order valence-corrected chi connectivity index (χ2v) is 13.7. The van der Waals surface area contributed by atoms with Crippen molar-refractivity contribution < 1.29 is 27.3 Å². The van der Waals surface area contributed by atoms with Crippen LogP contribution in [0.1, 0.15) is 56.0 Å². The fourth-order valence-corrected chi connectivity index (χ4v) is 5.87. The standard InChI is InChI=1S/C31H36F2N4O4S/c1-21-25(22-11-7-6-8-12-22)20-34-27(37-17-10-15-31(32,33)16-18-37)26(21)28(38)35-23-13-9-14-24(19-23)42(5,40)36-29(39)41-30(2,3)4/h6-9,11-14,19-20H,10,15-18H2,1-5H3,(H,35,38)/t42-/m1/s1. The number of carbonyl (C=O) groups is 2. The number of nitrogens with one attached hydrogen (secondary N) is 1. The van der Waals surface area contributed by atoms with Gasteiger partial charge in [0.15, 0.2) is 0 Å². The molecule has 224 valence electrons. The molecule has 1 saturated heterocycles. The zero-order valence-corrected chi connectivity index (χ0v) is 25.3. The second-order valence-electron chi connectivity index (χ2n) is 11.4. The van der Waals surface area contributed by atoms with E-state index in [1.165, 1.54) is 12.3 Å². The molecule has 0 radical (unpaired) electrons. The van der Waals surface area contributed by atoms with Gasteiger partial charge < -0.3 is 15.0 Å². The largest absolute Gasteiger partial charge is 0.442 e. The van der Waals surface area contributed by atoms with Crippen molar-refractivity contribution >= 4 is 33.2 Å². The van der Waals surface area contributed by atoms with Gasteiger partial charge in [0.05, 0.1) is 15.3 Å². The van der Waals surface area contributed by atoms with Crippen molar-refractivity contribution in [2.45, 2.75) is 63.4 Å². The van der Waals surface area contributed by atoms with Gasteiger partial charge in [-0.25, -0.2) is 22.8 Å². The van der Waals surface area contributed by atoms with Gasteiger partial charge >= 0.3 is 6.09 Å². The average Bonchev–Trinajstić information content (AvgIpc) is 3.07. The van der Waals surface area contributed by atoms with Crippen molar-refractivity contribution in [3.05, 3.63) is 71.9 Å². The van der Waals surface area contributed by atoms with Crippen LogP contribution in [0.5, 0.6) is 0 Å². The van der Waals surface area contributed by atoms with E-state index in [0.717, 1.165) is 11.1 Å². The monoisotopic (exact) mass is 598 g/mol. The zero-order chi connectivity index (χ0) is 30.7. The molecule has 2 amide bonds. The highest BCUT2D eigenvalue weighted by Gasteiger charge is 2.33. The molecular formula is C31H36F2N4O4S. The van der Waals surface area contributed by atoms with Crippen molar-refractivity contribution in [3.63, 3.8) is 0 Å². The summed E-state index contributed by atoms with van der Waals surface area (Å²) in [6.45, 7) is 7.26. The molecule has 2 aromatic carbocycles. The highest BCUT2D eigenvalue weighted by molar-refractivity contribution is 7.93. The number of aromatic nitrogens is 1. The zero-order valence-electron chi connectivity index (χ0n) is 24.4. The Kier molecular flexibility index (Phi) is 9.01. The highest BCUT2D eigenvalue weighted by Crippen LogP contribution is 2.34. The summed E-state index contributed by atoms with van der Waals surface area (Å²) in [7, 11) is -3.19. The third-order valence-electron chi connectivity index (χ3n) is 6.82. The summed E-state index contributed by atoms with van der Waals surface area (Å²) in [4.78, 5) is 32.7. The maximum absolute atomic E-state index is 14.2. The van der Waals surface area contributed by atoms with Gasteiger partial charge in [-0.15, -0.1) is 4.36 Å². The van der Waals surface area contributed by atoms with E-state index in [-0.39, 0.29) is 36.3 Å². The van der Waals surface area contributed by atoms with Gasteiger partial charge in [-0.2, -0.15) is 0 Å². The first kappa shape index (κ1) is 31.1. The molecule has 2 heterocycles. The minimum absolute atomic E-state index is 0.0595. The van der Waals surface area contributed by atoms with Gasteiger partial charge in [0.25, 0.3) is 5.91 Å².